The molecule has 1 amide bonds. The molecule has 4 heteroatoms. The second-order valence-electron chi connectivity index (χ2n) is 2.59. The minimum Gasteiger partial charge on any atom is -0.351 e. The minimum absolute atomic E-state index is 0.191. The molecule has 1 unspecified atom stereocenters. The van der Waals surface area contributed by atoms with Crippen LogP contribution in [0.1, 0.15) is 6.92 Å². The van der Waals surface area contributed by atoms with Crippen molar-refractivity contribution in [3.05, 3.63) is 12.2 Å². The van der Waals surface area contributed by atoms with Gasteiger partial charge in [-0.3, -0.25) is 4.79 Å². The molecule has 4 nitrogen and oxygen atoms in total. The van der Waals surface area contributed by atoms with Crippen LogP contribution in [-0.4, -0.2) is 23.8 Å². The van der Waals surface area contributed by atoms with E-state index in [1.165, 1.54) is 0 Å². The van der Waals surface area contributed by atoms with Gasteiger partial charge in [-0.15, -0.1) is 0 Å². The van der Waals surface area contributed by atoms with Gasteiger partial charge in [0.15, 0.2) is 0 Å². The van der Waals surface area contributed by atoms with Crippen LogP contribution < -0.4 is 5.43 Å². The van der Waals surface area contributed by atoms with Gasteiger partial charge in [-0.05, 0) is 13.0 Å². The largest absolute Gasteiger partial charge is 0.351 e. The highest BCUT2D eigenvalue weighted by Crippen LogP contribution is 2.24. The summed E-state index contributed by atoms with van der Waals surface area (Å²) in [4.78, 5) is 11.2. The molecule has 1 atom stereocenters. The fourth-order valence-electron chi connectivity index (χ4n) is 1.27. The van der Waals surface area contributed by atoms with Crippen LogP contribution in [0.5, 0.6) is 0 Å². The molecule has 1 N–H and O–H groups in total. The first-order valence-corrected chi connectivity index (χ1v) is 3.42. The lowest BCUT2D eigenvalue weighted by atomic mass is 10.00. The second-order valence-corrected chi connectivity index (χ2v) is 2.59. The maximum atomic E-state index is 11.2. The minimum atomic E-state index is -0.875. The topological polar surface area (TPSA) is 50.7 Å². The molecule has 0 aromatic rings. The Hall–Kier alpha value is -1.16. The Bertz CT molecular complexity index is 270. The average Bonchev–Trinajstić information content (AvgIpc) is 2.56. The molecule has 0 aromatic carbocycles. The molecule has 58 valence electrons. The molecule has 0 saturated heterocycles. The van der Waals surface area contributed by atoms with Crippen molar-refractivity contribution in [1.82, 2.24) is 5.43 Å². The highest BCUT2D eigenvalue weighted by Gasteiger charge is 2.46. The van der Waals surface area contributed by atoms with Crippen LogP contribution in [-0.2, 0) is 9.53 Å². The van der Waals surface area contributed by atoms with Crippen LogP contribution in [0.4, 0.5) is 0 Å². The first-order chi connectivity index (χ1) is 5.26. The highest BCUT2D eigenvalue weighted by molar-refractivity contribution is 6.16. The quantitative estimate of drug-likeness (QED) is 0.489. The van der Waals surface area contributed by atoms with E-state index in [0.29, 0.717) is 12.3 Å². The summed E-state index contributed by atoms with van der Waals surface area (Å²) in [5.74, 6) is -0.191. The summed E-state index contributed by atoms with van der Waals surface area (Å²) in [5, 5.41) is 3.79. The zero-order valence-corrected chi connectivity index (χ0v) is 6.13. The predicted octanol–water partition coefficient (Wildman–Crippen LogP) is -0.183. The molecular weight excluding hydrogens is 144 g/mol. The van der Waals surface area contributed by atoms with Gasteiger partial charge >= 0.3 is 0 Å². The van der Waals surface area contributed by atoms with Crippen molar-refractivity contribution in [1.29, 1.82) is 0 Å². The van der Waals surface area contributed by atoms with Gasteiger partial charge < -0.3 is 4.74 Å². The van der Waals surface area contributed by atoms with Gasteiger partial charge in [-0.1, -0.05) is 6.08 Å². The van der Waals surface area contributed by atoms with Crippen LogP contribution in [0.25, 0.3) is 0 Å². The number of nitrogens with one attached hydrogen (secondary N) is 1. The van der Waals surface area contributed by atoms with Crippen molar-refractivity contribution < 1.29 is 9.53 Å². The number of ether oxygens (including phenoxy) is 1. The number of carbonyl (C=O) groups excluding carboxylic acids is 1. The van der Waals surface area contributed by atoms with E-state index >= 15 is 0 Å². The Labute approximate surface area is 63.9 Å². The van der Waals surface area contributed by atoms with Crippen LogP contribution in [0.2, 0.25) is 0 Å². The fraction of sp³-hybridized carbons (Fsp3) is 0.429. The zero-order chi connectivity index (χ0) is 7.90. The highest BCUT2D eigenvalue weighted by atomic mass is 16.5. The molecule has 11 heavy (non-hydrogen) atoms. The first kappa shape index (κ1) is 6.54. The van der Waals surface area contributed by atoms with E-state index in [1.807, 2.05) is 6.08 Å². The van der Waals surface area contributed by atoms with Gasteiger partial charge in [0.05, 0.1) is 12.3 Å². The lowest BCUT2D eigenvalue weighted by molar-refractivity contribution is -0.130. The molecule has 2 rings (SSSR count). The molecule has 0 bridgehead atoms. The van der Waals surface area contributed by atoms with Crippen LogP contribution in [0, 0.1) is 0 Å². The molecule has 2 aliphatic heterocycles. The summed E-state index contributed by atoms with van der Waals surface area (Å²) >= 11 is 0. The number of hydrazone groups is 1. The second kappa shape index (κ2) is 1.92. The Balaban J connectivity index is 2.43. The van der Waals surface area contributed by atoms with E-state index in [-0.39, 0.29) is 5.91 Å². The summed E-state index contributed by atoms with van der Waals surface area (Å²) in [6.45, 7) is 2.26. The van der Waals surface area contributed by atoms with E-state index < -0.39 is 5.60 Å². The average molecular weight is 152 g/mol. The Morgan fingerprint density at radius 1 is 1.82 bits per heavy atom. The zero-order valence-electron chi connectivity index (χ0n) is 6.13. The fourth-order valence-corrected chi connectivity index (χ4v) is 1.27. The van der Waals surface area contributed by atoms with Crippen molar-refractivity contribution >= 4 is 11.6 Å². The molecule has 0 saturated carbocycles. The Morgan fingerprint density at radius 2 is 2.64 bits per heavy atom. The summed E-state index contributed by atoms with van der Waals surface area (Å²) in [6, 6.07) is 0. The normalized spacial score (nSPS) is 34.6. The maximum absolute atomic E-state index is 11.2. The van der Waals surface area contributed by atoms with Gasteiger partial charge in [0, 0.05) is 0 Å². The van der Waals surface area contributed by atoms with E-state index in [9.17, 15) is 4.79 Å². The molecule has 0 radical (unpaired) electrons. The standard InChI is InChI=1S/C7H8N2O2/c1-5-7(3-2-4-11-7)6(10)9-8-5/h2-3H,4H2,1H3,(H,9,10). The smallest absolute Gasteiger partial charge is 0.282 e. The molecule has 2 aliphatic rings. The first-order valence-electron chi connectivity index (χ1n) is 3.42. The van der Waals surface area contributed by atoms with Gasteiger partial charge in [0.25, 0.3) is 5.91 Å². The molecule has 0 aromatic heterocycles. The van der Waals surface area contributed by atoms with E-state index in [4.69, 9.17) is 4.74 Å². The molecule has 0 fully saturated rings. The van der Waals surface area contributed by atoms with Crippen molar-refractivity contribution in [3.8, 4) is 0 Å². The van der Waals surface area contributed by atoms with Gasteiger partial charge in [0.1, 0.15) is 0 Å². The summed E-state index contributed by atoms with van der Waals surface area (Å²) in [5.41, 5.74) is 2.18. The van der Waals surface area contributed by atoms with E-state index in [1.54, 1.807) is 13.0 Å². The number of carbonyl (C=O) groups is 1. The number of hydrogen-bond acceptors (Lipinski definition) is 3. The van der Waals surface area contributed by atoms with Crippen LogP contribution >= 0.6 is 0 Å². The number of nitrogens with zero attached hydrogens (tertiary/aromatic N) is 1. The summed E-state index contributed by atoms with van der Waals surface area (Å²) in [7, 11) is 0. The lowest BCUT2D eigenvalue weighted by Crippen LogP contribution is -2.43. The van der Waals surface area contributed by atoms with E-state index in [0.717, 1.165) is 0 Å². The molecule has 1 spiro atoms. The number of amides is 1. The maximum Gasteiger partial charge on any atom is 0.282 e. The third-order valence-electron chi connectivity index (χ3n) is 1.96. The third kappa shape index (κ3) is 0.670. The van der Waals surface area contributed by atoms with Gasteiger partial charge in [-0.25, -0.2) is 5.43 Å². The predicted molar refractivity (Wildman–Crippen MR) is 39.1 cm³/mol. The third-order valence-corrected chi connectivity index (χ3v) is 1.96. The van der Waals surface area contributed by atoms with Crippen molar-refractivity contribution in [3.63, 3.8) is 0 Å². The molecule has 2 heterocycles. The summed E-state index contributed by atoms with van der Waals surface area (Å²) < 4.78 is 5.27. The van der Waals surface area contributed by atoms with E-state index in [2.05, 4.69) is 10.5 Å². The SMILES string of the molecule is CC1=NNC(=O)C12C=CCO2. The molecule has 0 aliphatic carbocycles. The number of rotatable bonds is 0. The Kier molecular flexibility index (Phi) is 1.14. The van der Waals surface area contributed by atoms with Gasteiger partial charge in [0.2, 0.25) is 5.60 Å². The monoisotopic (exact) mass is 152 g/mol. The summed E-state index contributed by atoms with van der Waals surface area (Å²) in [6.07, 6.45) is 3.57. The van der Waals surface area contributed by atoms with Crippen LogP contribution in [0.15, 0.2) is 17.3 Å². The number of hydrogen-bond donors (Lipinski definition) is 1. The van der Waals surface area contributed by atoms with Gasteiger partial charge in [-0.2, -0.15) is 5.10 Å². The molecular formula is C7H8N2O2. The van der Waals surface area contributed by atoms with Crippen molar-refractivity contribution in [2.24, 2.45) is 5.10 Å². The van der Waals surface area contributed by atoms with Crippen molar-refractivity contribution in [2.75, 3.05) is 6.61 Å². The Morgan fingerprint density at radius 3 is 3.09 bits per heavy atom. The lowest BCUT2D eigenvalue weighted by Gasteiger charge is -2.16. The van der Waals surface area contributed by atoms with Crippen molar-refractivity contribution in [2.45, 2.75) is 12.5 Å². The van der Waals surface area contributed by atoms with Crippen LogP contribution in [0.3, 0.4) is 0 Å².